The van der Waals surface area contributed by atoms with Crippen molar-refractivity contribution in [3.8, 4) is 0 Å². The molecule has 4 atom stereocenters. The second-order valence-electron chi connectivity index (χ2n) is 6.43. The molecule has 0 spiro atoms. The van der Waals surface area contributed by atoms with Crippen molar-refractivity contribution in [2.45, 2.75) is 49.9 Å². The van der Waals surface area contributed by atoms with Crippen LogP contribution in [0, 0.1) is 0 Å². The fraction of sp³-hybridized carbons (Fsp3) is 0.625. The third kappa shape index (κ3) is 11.2. The number of carbonyl (C=O) groups is 6. The smallest absolute Gasteiger partial charge is 0.326 e. The highest BCUT2D eigenvalue weighted by molar-refractivity contribution is 7.80. The molecule has 0 fully saturated rings. The van der Waals surface area contributed by atoms with Crippen LogP contribution < -0.4 is 27.4 Å². The second kappa shape index (κ2) is 14.2. The van der Waals surface area contributed by atoms with E-state index in [1.54, 1.807) is 0 Å². The normalized spacial score (nSPS) is 14.4. The van der Waals surface area contributed by atoms with Crippen molar-refractivity contribution in [3.05, 3.63) is 0 Å². The zero-order valence-corrected chi connectivity index (χ0v) is 17.3. The van der Waals surface area contributed by atoms with E-state index in [4.69, 9.17) is 21.7 Å². The lowest BCUT2D eigenvalue weighted by molar-refractivity contribution is -0.143. The first kappa shape index (κ1) is 28.1. The minimum Gasteiger partial charge on any atom is -0.481 e. The predicted octanol–water partition coefficient (Wildman–Crippen LogP) is -4.09. The Kier molecular flexibility index (Phi) is 12.8. The number of carbonyl (C=O) groups excluding carboxylic acids is 4. The van der Waals surface area contributed by atoms with E-state index < -0.39 is 72.8 Å². The standard InChI is InChI=1S/C16H27N5O9S/c17-7(1-3-11(18)23)13(26)20-9(5-22)14(27)21-10(6-31)15(28)19-8(16(29)30)2-4-12(24)25/h7-10,22,31H,1-6,17H2,(H2,18,23)(H,19,28)(H,20,26)(H,21,27)(H,24,25)(H,29,30). The average Bonchev–Trinajstić information content (AvgIpc) is 2.70. The van der Waals surface area contributed by atoms with Crippen LogP contribution in [0.2, 0.25) is 0 Å². The predicted molar refractivity (Wildman–Crippen MR) is 108 cm³/mol. The summed E-state index contributed by atoms with van der Waals surface area (Å²) in [5.74, 6) is -6.45. The number of aliphatic hydroxyl groups is 1. The Morgan fingerprint density at radius 3 is 1.77 bits per heavy atom. The summed E-state index contributed by atoms with van der Waals surface area (Å²) >= 11 is 3.91. The van der Waals surface area contributed by atoms with Gasteiger partial charge in [0.2, 0.25) is 23.6 Å². The quantitative estimate of drug-likeness (QED) is 0.106. The van der Waals surface area contributed by atoms with Gasteiger partial charge in [-0.3, -0.25) is 24.0 Å². The molecule has 0 aliphatic heterocycles. The fourth-order valence-corrected chi connectivity index (χ4v) is 2.42. The third-order valence-corrected chi connectivity index (χ3v) is 4.30. The molecule has 10 N–H and O–H groups in total. The van der Waals surface area contributed by atoms with E-state index in [-0.39, 0.29) is 25.0 Å². The summed E-state index contributed by atoms with van der Waals surface area (Å²) in [6.07, 6.45) is -1.15. The summed E-state index contributed by atoms with van der Waals surface area (Å²) < 4.78 is 0. The molecule has 4 unspecified atom stereocenters. The van der Waals surface area contributed by atoms with E-state index in [9.17, 15) is 33.9 Å². The summed E-state index contributed by atoms with van der Waals surface area (Å²) in [7, 11) is 0. The van der Waals surface area contributed by atoms with Crippen molar-refractivity contribution in [1.29, 1.82) is 0 Å². The van der Waals surface area contributed by atoms with Gasteiger partial charge in [0, 0.05) is 18.6 Å². The van der Waals surface area contributed by atoms with Crippen molar-refractivity contribution < 1.29 is 44.1 Å². The SMILES string of the molecule is NC(=O)CCC(N)C(=O)NC(CO)C(=O)NC(CS)C(=O)NC(CCC(=O)O)C(=O)O. The van der Waals surface area contributed by atoms with Crippen LogP contribution in [0.15, 0.2) is 0 Å². The van der Waals surface area contributed by atoms with Crippen molar-refractivity contribution in [2.24, 2.45) is 11.5 Å². The molecule has 0 aliphatic carbocycles. The first-order valence-electron chi connectivity index (χ1n) is 9.04. The molecule has 31 heavy (non-hydrogen) atoms. The summed E-state index contributed by atoms with van der Waals surface area (Å²) in [4.78, 5) is 69.1. The molecule has 0 aromatic carbocycles. The van der Waals surface area contributed by atoms with E-state index in [0.717, 1.165) is 0 Å². The summed E-state index contributed by atoms with van der Waals surface area (Å²) in [5.41, 5.74) is 10.5. The minimum atomic E-state index is -1.51. The number of carboxylic acid groups (broad SMARTS) is 2. The highest BCUT2D eigenvalue weighted by atomic mass is 32.1. The Hall–Kier alpha value is -2.91. The number of hydrogen-bond acceptors (Lipinski definition) is 9. The molecule has 0 aromatic heterocycles. The van der Waals surface area contributed by atoms with Crippen LogP contribution in [0.4, 0.5) is 0 Å². The fourth-order valence-electron chi connectivity index (χ4n) is 2.17. The topological polar surface area (TPSA) is 251 Å². The van der Waals surface area contributed by atoms with Gasteiger partial charge < -0.3 is 42.7 Å². The van der Waals surface area contributed by atoms with Gasteiger partial charge in [-0.1, -0.05) is 0 Å². The van der Waals surface area contributed by atoms with Crippen molar-refractivity contribution in [1.82, 2.24) is 16.0 Å². The molecular weight excluding hydrogens is 438 g/mol. The third-order valence-electron chi connectivity index (χ3n) is 3.93. The van der Waals surface area contributed by atoms with Gasteiger partial charge in [0.15, 0.2) is 0 Å². The van der Waals surface area contributed by atoms with Gasteiger partial charge in [-0.15, -0.1) is 0 Å². The molecule has 14 nitrogen and oxygen atoms in total. The molecule has 0 aromatic rings. The monoisotopic (exact) mass is 465 g/mol. The summed E-state index contributed by atoms with van der Waals surface area (Å²) in [5, 5.41) is 33.5. The number of aliphatic carboxylic acids is 2. The second-order valence-corrected chi connectivity index (χ2v) is 6.80. The van der Waals surface area contributed by atoms with E-state index in [1.807, 2.05) is 0 Å². The molecule has 0 radical (unpaired) electrons. The number of carboxylic acids is 2. The summed E-state index contributed by atoms with van der Waals surface area (Å²) in [6.45, 7) is -0.850. The molecule has 15 heteroatoms. The largest absolute Gasteiger partial charge is 0.481 e. The number of thiol groups is 1. The Morgan fingerprint density at radius 2 is 1.32 bits per heavy atom. The highest BCUT2D eigenvalue weighted by Gasteiger charge is 2.29. The first-order chi connectivity index (χ1) is 14.4. The van der Waals surface area contributed by atoms with E-state index in [1.165, 1.54) is 0 Å². The van der Waals surface area contributed by atoms with Crippen LogP contribution >= 0.6 is 12.6 Å². The Morgan fingerprint density at radius 1 is 0.806 bits per heavy atom. The Bertz CT molecular complexity index is 690. The Labute approximate surface area is 182 Å². The molecule has 0 rings (SSSR count). The van der Waals surface area contributed by atoms with Gasteiger partial charge in [0.05, 0.1) is 12.6 Å². The molecule has 176 valence electrons. The van der Waals surface area contributed by atoms with Gasteiger partial charge in [0.25, 0.3) is 0 Å². The van der Waals surface area contributed by atoms with Gasteiger partial charge in [-0.05, 0) is 12.8 Å². The molecule has 0 saturated heterocycles. The number of primary amides is 1. The zero-order valence-electron chi connectivity index (χ0n) is 16.4. The number of hydrogen-bond donors (Lipinski definition) is 9. The molecule has 0 aliphatic rings. The summed E-state index contributed by atoms with van der Waals surface area (Å²) in [6, 6.07) is -5.54. The van der Waals surface area contributed by atoms with Crippen LogP contribution in [0.3, 0.4) is 0 Å². The number of nitrogens with two attached hydrogens (primary N) is 2. The molecule has 4 amide bonds. The van der Waals surface area contributed by atoms with Crippen LogP contribution in [0.5, 0.6) is 0 Å². The maximum atomic E-state index is 12.3. The lowest BCUT2D eigenvalue weighted by atomic mass is 10.1. The lowest BCUT2D eigenvalue weighted by Crippen LogP contribution is -2.58. The molecule has 0 saturated carbocycles. The van der Waals surface area contributed by atoms with Crippen LogP contribution in [0.1, 0.15) is 25.7 Å². The van der Waals surface area contributed by atoms with Crippen molar-refractivity contribution >= 4 is 48.2 Å². The number of amides is 4. The van der Waals surface area contributed by atoms with Crippen molar-refractivity contribution in [2.75, 3.05) is 12.4 Å². The van der Waals surface area contributed by atoms with Gasteiger partial charge in [-0.25, -0.2) is 4.79 Å². The Balaban J connectivity index is 4.97. The van der Waals surface area contributed by atoms with E-state index in [0.29, 0.717) is 0 Å². The zero-order chi connectivity index (χ0) is 24.1. The average molecular weight is 465 g/mol. The number of nitrogens with one attached hydrogen (secondary N) is 3. The maximum Gasteiger partial charge on any atom is 0.326 e. The molecule has 0 bridgehead atoms. The van der Waals surface area contributed by atoms with E-state index >= 15 is 0 Å². The van der Waals surface area contributed by atoms with Crippen LogP contribution in [0.25, 0.3) is 0 Å². The van der Waals surface area contributed by atoms with Crippen molar-refractivity contribution in [3.63, 3.8) is 0 Å². The maximum absolute atomic E-state index is 12.3. The van der Waals surface area contributed by atoms with Crippen LogP contribution in [-0.4, -0.2) is 87.4 Å². The lowest BCUT2D eigenvalue weighted by Gasteiger charge is -2.23. The van der Waals surface area contributed by atoms with Gasteiger partial charge in [0.1, 0.15) is 18.1 Å². The van der Waals surface area contributed by atoms with Gasteiger partial charge in [-0.2, -0.15) is 12.6 Å². The minimum absolute atomic E-state index is 0.0878. The first-order valence-corrected chi connectivity index (χ1v) is 9.67. The van der Waals surface area contributed by atoms with Crippen LogP contribution in [-0.2, 0) is 28.8 Å². The van der Waals surface area contributed by atoms with Gasteiger partial charge >= 0.3 is 11.9 Å². The number of rotatable bonds is 15. The molecular formula is C16H27N5O9S. The molecule has 0 heterocycles. The van der Waals surface area contributed by atoms with E-state index in [2.05, 4.69) is 28.6 Å². The number of aliphatic hydroxyl groups excluding tert-OH is 1. The highest BCUT2D eigenvalue weighted by Crippen LogP contribution is 2.01.